The van der Waals surface area contributed by atoms with Gasteiger partial charge in [0.15, 0.2) is 0 Å². The van der Waals surface area contributed by atoms with Crippen molar-refractivity contribution in [3.8, 4) is 11.5 Å². The first-order chi connectivity index (χ1) is 11.1. The lowest BCUT2D eigenvalue weighted by Gasteiger charge is -2.38. The summed E-state index contributed by atoms with van der Waals surface area (Å²) in [6, 6.07) is 16.0. The Kier molecular flexibility index (Phi) is 5.67. The molecule has 3 heteroatoms. The van der Waals surface area contributed by atoms with E-state index in [4.69, 9.17) is 9.47 Å². The minimum atomic E-state index is -0.464. The van der Waals surface area contributed by atoms with Crippen molar-refractivity contribution in [1.82, 2.24) is 0 Å². The van der Waals surface area contributed by atoms with Gasteiger partial charge in [0, 0.05) is 5.41 Å². The summed E-state index contributed by atoms with van der Waals surface area (Å²) in [7, 11) is 3.32. The Labute approximate surface area is 138 Å². The normalized spacial score (nSPS) is 12.7. The van der Waals surface area contributed by atoms with Crippen LogP contribution in [0, 0.1) is 0 Å². The highest BCUT2D eigenvalue weighted by Gasteiger charge is 2.38. The van der Waals surface area contributed by atoms with Crippen LogP contribution < -0.4 is 9.47 Å². The Morgan fingerprint density at radius 3 is 1.48 bits per heavy atom. The van der Waals surface area contributed by atoms with E-state index in [1.807, 2.05) is 55.5 Å². The Morgan fingerprint density at radius 1 is 0.826 bits per heavy atom. The summed E-state index contributed by atoms with van der Waals surface area (Å²) in [5.74, 6) is 1.64. The summed E-state index contributed by atoms with van der Waals surface area (Å²) in [4.78, 5) is 0. The van der Waals surface area contributed by atoms with Crippen molar-refractivity contribution in [3.05, 3.63) is 59.7 Å². The van der Waals surface area contributed by atoms with Crippen LogP contribution >= 0.6 is 0 Å². The fourth-order valence-corrected chi connectivity index (χ4v) is 3.32. The molecule has 0 fully saturated rings. The van der Waals surface area contributed by atoms with E-state index < -0.39 is 11.5 Å². The first-order valence-corrected chi connectivity index (χ1v) is 8.09. The zero-order valence-electron chi connectivity index (χ0n) is 14.4. The Morgan fingerprint density at radius 2 is 1.22 bits per heavy atom. The van der Waals surface area contributed by atoms with Crippen LogP contribution in [0.4, 0.5) is 0 Å². The predicted molar refractivity (Wildman–Crippen MR) is 93.4 cm³/mol. The molecule has 0 amide bonds. The van der Waals surface area contributed by atoms with Crippen LogP contribution in [0.15, 0.2) is 48.5 Å². The van der Waals surface area contributed by atoms with Gasteiger partial charge in [0.1, 0.15) is 11.5 Å². The van der Waals surface area contributed by atoms with Crippen LogP contribution in [0.5, 0.6) is 11.5 Å². The summed E-state index contributed by atoms with van der Waals surface area (Å²) in [6.07, 6.45) is 1.03. The van der Waals surface area contributed by atoms with Gasteiger partial charge in [-0.25, -0.2) is 0 Å². The van der Waals surface area contributed by atoms with E-state index in [0.717, 1.165) is 29.0 Å². The van der Waals surface area contributed by atoms with Gasteiger partial charge < -0.3 is 14.6 Å². The Bertz CT molecular complexity index is 554. The molecule has 2 rings (SSSR count). The van der Waals surface area contributed by atoms with Gasteiger partial charge in [-0.1, -0.05) is 38.1 Å². The molecule has 0 bridgehead atoms. The van der Waals surface area contributed by atoms with Gasteiger partial charge >= 0.3 is 0 Å². The van der Waals surface area contributed by atoms with Crippen molar-refractivity contribution in [2.45, 2.75) is 38.2 Å². The second-order valence-corrected chi connectivity index (χ2v) is 5.71. The maximum absolute atomic E-state index is 10.9. The number of methoxy groups -OCH3 is 2. The minimum absolute atomic E-state index is 0.437. The highest BCUT2D eigenvalue weighted by Crippen LogP contribution is 2.41. The Balaban J connectivity index is 2.57. The summed E-state index contributed by atoms with van der Waals surface area (Å²) in [5, 5.41) is 10.9. The van der Waals surface area contributed by atoms with Crippen molar-refractivity contribution in [2.75, 3.05) is 14.2 Å². The first-order valence-electron chi connectivity index (χ1n) is 8.09. The molecule has 0 aliphatic heterocycles. The summed E-state index contributed by atoms with van der Waals surface area (Å²) in [6.45, 7) is 4.13. The van der Waals surface area contributed by atoms with Gasteiger partial charge in [-0.2, -0.15) is 0 Å². The molecule has 1 atom stereocenters. The van der Waals surface area contributed by atoms with E-state index in [2.05, 4.69) is 6.92 Å². The average molecular weight is 314 g/mol. The standard InChI is InChI=1S/C20H26O3/c1-5-19(21)20(6-2,15-7-11-17(22-3)12-8-15)16-9-13-18(23-4)14-10-16/h7-14,19,21H,5-6H2,1-4H3. The van der Waals surface area contributed by atoms with Crippen molar-refractivity contribution >= 4 is 0 Å². The van der Waals surface area contributed by atoms with Crippen LogP contribution in [-0.4, -0.2) is 25.4 Å². The summed E-state index contributed by atoms with van der Waals surface area (Å²) < 4.78 is 10.5. The molecule has 0 saturated heterocycles. The monoisotopic (exact) mass is 314 g/mol. The van der Waals surface area contributed by atoms with Crippen molar-refractivity contribution in [1.29, 1.82) is 0 Å². The molecule has 23 heavy (non-hydrogen) atoms. The van der Waals surface area contributed by atoms with Crippen LogP contribution in [-0.2, 0) is 5.41 Å². The smallest absolute Gasteiger partial charge is 0.118 e. The zero-order valence-corrected chi connectivity index (χ0v) is 14.4. The minimum Gasteiger partial charge on any atom is -0.497 e. The molecule has 2 aromatic carbocycles. The van der Waals surface area contributed by atoms with Crippen LogP contribution in [0.1, 0.15) is 37.8 Å². The number of hydrogen-bond donors (Lipinski definition) is 1. The molecule has 0 heterocycles. The average Bonchev–Trinajstić information content (AvgIpc) is 2.63. The molecule has 0 aliphatic carbocycles. The third-order valence-electron chi connectivity index (χ3n) is 4.72. The summed E-state index contributed by atoms with van der Waals surface area (Å²) >= 11 is 0. The maximum Gasteiger partial charge on any atom is 0.118 e. The summed E-state index contributed by atoms with van der Waals surface area (Å²) in [5.41, 5.74) is 1.76. The lowest BCUT2D eigenvalue weighted by Crippen LogP contribution is -2.40. The van der Waals surface area contributed by atoms with Crippen LogP contribution in [0.3, 0.4) is 0 Å². The van der Waals surface area contributed by atoms with Crippen molar-refractivity contribution in [2.24, 2.45) is 0 Å². The molecule has 124 valence electrons. The highest BCUT2D eigenvalue weighted by molar-refractivity contribution is 5.44. The molecule has 1 N–H and O–H groups in total. The molecular formula is C20H26O3. The number of ether oxygens (including phenoxy) is 2. The quantitative estimate of drug-likeness (QED) is 0.833. The number of rotatable bonds is 7. The van der Waals surface area contributed by atoms with Gasteiger partial charge in [-0.3, -0.25) is 0 Å². The number of aliphatic hydroxyl groups is 1. The lowest BCUT2D eigenvalue weighted by atomic mass is 9.68. The second kappa shape index (κ2) is 7.51. The second-order valence-electron chi connectivity index (χ2n) is 5.71. The zero-order chi connectivity index (χ0) is 16.9. The van der Waals surface area contributed by atoms with E-state index in [1.54, 1.807) is 14.2 Å². The van der Waals surface area contributed by atoms with Gasteiger partial charge in [-0.05, 0) is 48.2 Å². The van der Waals surface area contributed by atoms with E-state index >= 15 is 0 Å². The van der Waals surface area contributed by atoms with Gasteiger partial charge in [0.2, 0.25) is 0 Å². The lowest BCUT2D eigenvalue weighted by molar-refractivity contribution is 0.0950. The van der Waals surface area contributed by atoms with Gasteiger partial charge in [0.25, 0.3) is 0 Å². The third kappa shape index (κ3) is 3.20. The molecule has 0 saturated carbocycles. The topological polar surface area (TPSA) is 38.7 Å². The van der Waals surface area contributed by atoms with E-state index in [-0.39, 0.29) is 0 Å². The largest absolute Gasteiger partial charge is 0.497 e. The highest BCUT2D eigenvalue weighted by atomic mass is 16.5. The van der Waals surface area contributed by atoms with E-state index in [9.17, 15) is 5.11 Å². The Hall–Kier alpha value is -2.00. The maximum atomic E-state index is 10.9. The van der Waals surface area contributed by atoms with E-state index in [0.29, 0.717) is 6.42 Å². The third-order valence-corrected chi connectivity index (χ3v) is 4.72. The van der Waals surface area contributed by atoms with Crippen LogP contribution in [0.25, 0.3) is 0 Å². The molecule has 3 nitrogen and oxygen atoms in total. The predicted octanol–water partition coefficient (Wildman–Crippen LogP) is 4.17. The number of aliphatic hydroxyl groups excluding tert-OH is 1. The molecule has 1 unspecified atom stereocenters. The van der Waals surface area contributed by atoms with Gasteiger partial charge in [0.05, 0.1) is 20.3 Å². The molecular weight excluding hydrogens is 288 g/mol. The molecule has 0 radical (unpaired) electrons. The first kappa shape index (κ1) is 17.4. The number of hydrogen-bond acceptors (Lipinski definition) is 3. The number of benzene rings is 2. The molecule has 2 aromatic rings. The SMILES string of the molecule is CCC(O)C(CC)(c1ccc(OC)cc1)c1ccc(OC)cc1. The van der Waals surface area contributed by atoms with Crippen molar-refractivity contribution in [3.63, 3.8) is 0 Å². The van der Waals surface area contributed by atoms with Crippen LogP contribution in [0.2, 0.25) is 0 Å². The fraction of sp³-hybridized carbons (Fsp3) is 0.400. The fourth-order valence-electron chi connectivity index (χ4n) is 3.32. The van der Waals surface area contributed by atoms with Crippen molar-refractivity contribution < 1.29 is 14.6 Å². The molecule has 0 spiro atoms. The molecule has 0 aliphatic rings. The van der Waals surface area contributed by atoms with E-state index in [1.165, 1.54) is 0 Å². The molecule has 0 aromatic heterocycles. The van der Waals surface area contributed by atoms with Gasteiger partial charge in [-0.15, -0.1) is 0 Å².